The normalized spacial score (nSPS) is 12.0. The van der Waals surface area contributed by atoms with Crippen LogP contribution in [0.3, 0.4) is 0 Å². The van der Waals surface area contributed by atoms with E-state index in [9.17, 15) is 0 Å². The van der Waals surface area contributed by atoms with Crippen molar-refractivity contribution in [1.29, 1.82) is 5.26 Å². The molecule has 2 nitrogen and oxygen atoms in total. The van der Waals surface area contributed by atoms with E-state index in [0.717, 1.165) is 6.42 Å². The van der Waals surface area contributed by atoms with Gasteiger partial charge in [-0.05, 0) is 17.9 Å². The fourth-order valence-electron chi connectivity index (χ4n) is 1.28. The fourth-order valence-corrected chi connectivity index (χ4v) is 1.28. The Morgan fingerprint density at radius 2 is 2.00 bits per heavy atom. The molecule has 0 aliphatic heterocycles. The van der Waals surface area contributed by atoms with Crippen LogP contribution in [0.1, 0.15) is 12.0 Å². The first-order valence-electron chi connectivity index (χ1n) is 4.38. The van der Waals surface area contributed by atoms with E-state index in [1.165, 1.54) is 5.56 Å². The largest absolute Gasteiger partial charge is 0.396 e. The summed E-state index contributed by atoms with van der Waals surface area (Å²) in [6.07, 6.45) is 1.20. The number of aliphatic hydroxyl groups is 1. The second kappa shape index (κ2) is 5.34. The number of nitriles is 1. The van der Waals surface area contributed by atoms with Crippen LogP contribution in [0.15, 0.2) is 30.3 Å². The van der Waals surface area contributed by atoms with Gasteiger partial charge in [-0.1, -0.05) is 30.3 Å². The molecule has 0 saturated carbocycles. The number of rotatable bonds is 4. The molecule has 0 heterocycles. The van der Waals surface area contributed by atoms with Gasteiger partial charge in [0.2, 0.25) is 0 Å². The lowest BCUT2D eigenvalue weighted by molar-refractivity contribution is 0.228. The Morgan fingerprint density at radius 3 is 2.54 bits per heavy atom. The summed E-state index contributed by atoms with van der Waals surface area (Å²) in [5.41, 5.74) is 1.18. The number of aliphatic hydroxyl groups excluding tert-OH is 1. The monoisotopic (exact) mass is 175 g/mol. The van der Waals surface area contributed by atoms with Gasteiger partial charge in [0.15, 0.2) is 0 Å². The maximum Gasteiger partial charge on any atom is 0.0625 e. The number of hydrogen-bond acceptors (Lipinski definition) is 2. The van der Waals surface area contributed by atoms with E-state index in [2.05, 4.69) is 6.07 Å². The molecular weight excluding hydrogens is 162 g/mol. The van der Waals surface area contributed by atoms with Gasteiger partial charge < -0.3 is 5.11 Å². The minimum absolute atomic E-state index is 0.0763. The van der Waals surface area contributed by atoms with Crippen LogP contribution >= 0.6 is 0 Å². The molecule has 0 aromatic heterocycles. The van der Waals surface area contributed by atoms with Crippen LogP contribution in [0.5, 0.6) is 0 Å². The van der Waals surface area contributed by atoms with Crippen molar-refractivity contribution in [2.24, 2.45) is 5.92 Å². The smallest absolute Gasteiger partial charge is 0.0625 e. The minimum atomic E-state index is 0.0763. The second-order valence-corrected chi connectivity index (χ2v) is 3.10. The highest BCUT2D eigenvalue weighted by Crippen LogP contribution is 2.10. The summed E-state index contributed by atoms with van der Waals surface area (Å²) in [4.78, 5) is 0. The van der Waals surface area contributed by atoms with Crippen LogP contribution in [0, 0.1) is 17.2 Å². The lowest BCUT2D eigenvalue weighted by Crippen LogP contribution is -2.08. The topological polar surface area (TPSA) is 44.0 Å². The quantitative estimate of drug-likeness (QED) is 0.757. The molecule has 0 aliphatic rings. The van der Waals surface area contributed by atoms with E-state index < -0.39 is 0 Å². The Bertz CT molecular complexity index is 276. The summed E-state index contributed by atoms with van der Waals surface area (Å²) in [5.74, 6) is 0.0763. The van der Waals surface area contributed by atoms with Crippen molar-refractivity contribution in [2.75, 3.05) is 6.61 Å². The Morgan fingerprint density at radius 1 is 1.31 bits per heavy atom. The van der Waals surface area contributed by atoms with E-state index in [1.54, 1.807) is 0 Å². The Kier molecular flexibility index (Phi) is 4.01. The molecule has 0 spiro atoms. The van der Waals surface area contributed by atoms with Crippen molar-refractivity contribution in [3.63, 3.8) is 0 Å². The molecule has 0 fully saturated rings. The van der Waals surface area contributed by atoms with Gasteiger partial charge in [0.25, 0.3) is 0 Å². The third-order valence-electron chi connectivity index (χ3n) is 2.01. The second-order valence-electron chi connectivity index (χ2n) is 3.10. The molecule has 0 radical (unpaired) electrons. The van der Waals surface area contributed by atoms with E-state index in [4.69, 9.17) is 10.4 Å². The maximum atomic E-state index is 8.97. The summed E-state index contributed by atoms with van der Waals surface area (Å²) in [6.45, 7) is 0.0858. The first-order chi connectivity index (χ1) is 6.36. The molecule has 1 rings (SSSR count). The molecule has 13 heavy (non-hydrogen) atoms. The van der Waals surface area contributed by atoms with Crippen LogP contribution in [0.25, 0.3) is 0 Å². The van der Waals surface area contributed by atoms with Gasteiger partial charge in [0.05, 0.1) is 6.07 Å². The maximum absolute atomic E-state index is 8.97. The summed E-state index contributed by atoms with van der Waals surface area (Å²) >= 11 is 0. The lowest BCUT2D eigenvalue weighted by Gasteiger charge is -2.09. The lowest BCUT2D eigenvalue weighted by atomic mass is 9.98. The number of nitrogens with zero attached hydrogens (tertiary/aromatic N) is 1. The highest BCUT2D eigenvalue weighted by molar-refractivity contribution is 5.15. The van der Waals surface area contributed by atoms with Crippen LogP contribution in [-0.4, -0.2) is 11.7 Å². The number of hydrogen-bond donors (Lipinski definition) is 1. The molecule has 68 valence electrons. The Hall–Kier alpha value is -1.33. The summed E-state index contributed by atoms with van der Waals surface area (Å²) < 4.78 is 0. The summed E-state index contributed by atoms with van der Waals surface area (Å²) in [5, 5.41) is 17.5. The summed E-state index contributed by atoms with van der Waals surface area (Å²) in [6, 6.07) is 12.0. The highest BCUT2D eigenvalue weighted by Gasteiger charge is 2.06. The molecule has 1 N–H and O–H groups in total. The van der Waals surface area contributed by atoms with E-state index in [0.29, 0.717) is 6.42 Å². The first kappa shape index (κ1) is 9.76. The van der Waals surface area contributed by atoms with Gasteiger partial charge in [-0.3, -0.25) is 0 Å². The van der Waals surface area contributed by atoms with Crippen molar-refractivity contribution < 1.29 is 5.11 Å². The predicted octanol–water partition coefficient (Wildman–Crippen LogP) is 1.75. The number of benzene rings is 1. The first-order valence-corrected chi connectivity index (χ1v) is 4.38. The van der Waals surface area contributed by atoms with Gasteiger partial charge in [0, 0.05) is 13.0 Å². The van der Waals surface area contributed by atoms with Gasteiger partial charge in [0.1, 0.15) is 0 Å². The van der Waals surface area contributed by atoms with Crippen molar-refractivity contribution in [3.05, 3.63) is 35.9 Å². The zero-order valence-corrected chi connectivity index (χ0v) is 7.48. The van der Waals surface area contributed by atoms with E-state index in [1.807, 2.05) is 30.3 Å². The average Bonchev–Trinajstić information content (AvgIpc) is 2.19. The van der Waals surface area contributed by atoms with Crippen LogP contribution in [-0.2, 0) is 6.42 Å². The minimum Gasteiger partial charge on any atom is -0.396 e. The molecule has 1 aromatic rings. The van der Waals surface area contributed by atoms with Gasteiger partial charge in [-0.25, -0.2) is 0 Å². The predicted molar refractivity (Wildman–Crippen MR) is 51.0 cm³/mol. The molecule has 1 aromatic carbocycles. The van der Waals surface area contributed by atoms with Gasteiger partial charge >= 0.3 is 0 Å². The Labute approximate surface area is 78.4 Å². The fraction of sp³-hybridized carbons (Fsp3) is 0.364. The van der Waals surface area contributed by atoms with Crippen LogP contribution in [0.4, 0.5) is 0 Å². The molecule has 0 saturated heterocycles. The Balaban J connectivity index is 2.53. The zero-order valence-electron chi connectivity index (χ0n) is 7.48. The van der Waals surface area contributed by atoms with Crippen molar-refractivity contribution >= 4 is 0 Å². The van der Waals surface area contributed by atoms with Crippen molar-refractivity contribution in [3.8, 4) is 6.07 Å². The molecule has 0 aliphatic carbocycles. The van der Waals surface area contributed by atoms with Crippen LogP contribution < -0.4 is 0 Å². The summed E-state index contributed by atoms with van der Waals surface area (Å²) in [7, 11) is 0. The third-order valence-corrected chi connectivity index (χ3v) is 2.01. The highest BCUT2D eigenvalue weighted by atomic mass is 16.3. The standard InChI is InChI=1S/C11H13NO/c12-7-6-11(9-13)8-10-4-2-1-3-5-10/h1-5,11,13H,6,8-9H2/t11-/m1/s1. The van der Waals surface area contributed by atoms with Gasteiger partial charge in [-0.2, -0.15) is 5.26 Å². The van der Waals surface area contributed by atoms with Crippen molar-refractivity contribution in [2.45, 2.75) is 12.8 Å². The van der Waals surface area contributed by atoms with E-state index in [-0.39, 0.29) is 12.5 Å². The zero-order chi connectivity index (χ0) is 9.52. The van der Waals surface area contributed by atoms with Gasteiger partial charge in [-0.15, -0.1) is 0 Å². The average molecular weight is 175 g/mol. The molecule has 1 atom stereocenters. The molecule has 2 heteroatoms. The van der Waals surface area contributed by atoms with Crippen LogP contribution in [0.2, 0.25) is 0 Å². The molecule has 0 unspecified atom stereocenters. The molecular formula is C11H13NO. The van der Waals surface area contributed by atoms with Crippen molar-refractivity contribution in [1.82, 2.24) is 0 Å². The SMILES string of the molecule is N#CC[C@@H](CO)Cc1ccccc1. The third kappa shape index (κ3) is 3.27. The molecule has 0 bridgehead atoms. The molecule has 0 amide bonds. The van der Waals surface area contributed by atoms with E-state index >= 15 is 0 Å².